The molecule has 2 nitrogen and oxygen atoms in total. The van der Waals surface area contributed by atoms with Crippen molar-refractivity contribution >= 4 is 11.8 Å². The summed E-state index contributed by atoms with van der Waals surface area (Å²) in [6, 6.07) is 0.575. The summed E-state index contributed by atoms with van der Waals surface area (Å²) in [5.41, 5.74) is 0. The monoisotopic (exact) mass is 233 g/mol. The Bertz CT molecular complexity index is 153. The molecule has 0 aromatic carbocycles. The van der Waals surface area contributed by atoms with Gasteiger partial charge in [0, 0.05) is 16.5 Å². The highest BCUT2D eigenvalue weighted by Gasteiger charge is 2.22. The summed E-state index contributed by atoms with van der Waals surface area (Å²) in [7, 11) is 2.04. The first-order valence-corrected chi connectivity index (χ1v) is 7.01. The topological polar surface area (TPSA) is 32.3 Å². The molecular weight excluding hydrogens is 206 g/mol. The zero-order valence-corrected chi connectivity index (χ0v) is 11.6. The van der Waals surface area contributed by atoms with Gasteiger partial charge in [0.1, 0.15) is 0 Å². The van der Waals surface area contributed by atoms with Crippen LogP contribution in [0.3, 0.4) is 0 Å². The van der Waals surface area contributed by atoms with Crippen LogP contribution in [0.2, 0.25) is 0 Å². The lowest BCUT2D eigenvalue weighted by Gasteiger charge is -2.28. The maximum atomic E-state index is 9.51. The second-order valence-electron chi connectivity index (χ2n) is 4.21. The second-order valence-corrected chi connectivity index (χ2v) is 5.83. The third-order valence-corrected chi connectivity index (χ3v) is 4.73. The van der Waals surface area contributed by atoms with Crippen LogP contribution >= 0.6 is 11.8 Å². The lowest BCUT2D eigenvalue weighted by atomic mass is 10.1. The van der Waals surface area contributed by atoms with Crippen molar-refractivity contribution in [3.63, 3.8) is 0 Å². The maximum Gasteiger partial charge on any atom is 0.0628 e. The van der Waals surface area contributed by atoms with Gasteiger partial charge in [-0.1, -0.05) is 27.2 Å². The van der Waals surface area contributed by atoms with Crippen molar-refractivity contribution in [2.45, 2.75) is 69.6 Å². The Kier molecular flexibility index (Phi) is 8.58. The van der Waals surface area contributed by atoms with E-state index in [4.69, 9.17) is 0 Å². The summed E-state index contributed by atoms with van der Waals surface area (Å²) in [6.07, 6.45) is 3.37. The molecule has 0 spiro atoms. The van der Waals surface area contributed by atoms with Crippen LogP contribution in [0.4, 0.5) is 0 Å². The van der Waals surface area contributed by atoms with E-state index in [2.05, 4.69) is 26.1 Å². The molecule has 0 radical (unpaired) electrons. The fraction of sp³-hybridized carbons (Fsp3) is 1.00. The van der Waals surface area contributed by atoms with E-state index in [-0.39, 0.29) is 6.10 Å². The molecule has 0 aliphatic rings. The predicted molar refractivity (Wildman–Crippen MR) is 70.6 cm³/mol. The molecule has 92 valence electrons. The number of hydrogen-bond donors (Lipinski definition) is 2. The van der Waals surface area contributed by atoms with E-state index in [1.807, 2.05) is 25.7 Å². The van der Waals surface area contributed by atoms with E-state index < -0.39 is 0 Å². The van der Waals surface area contributed by atoms with Crippen LogP contribution in [0, 0.1) is 0 Å². The average molecular weight is 233 g/mol. The minimum Gasteiger partial charge on any atom is -0.392 e. The van der Waals surface area contributed by atoms with Gasteiger partial charge in [-0.3, -0.25) is 0 Å². The largest absolute Gasteiger partial charge is 0.392 e. The molecule has 0 heterocycles. The van der Waals surface area contributed by atoms with E-state index in [0.29, 0.717) is 16.5 Å². The highest BCUT2D eigenvalue weighted by Crippen LogP contribution is 2.26. The first-order valence-electron chi connectivity index (χ1n) is 6.07. The molecule has 0 saturated carbocycles. The Balaban J connectivity index is 4.19. The fourth-order valence-corrected chi connectivity index (χ4v) is 3.13. The Morgan fingerprint density at radius 3 is 2.20 bits per heavy atom. The summed E-state index contributed by atoms with van der Waals surface area (Å²) < 4.78 is 0. The fourth-order valence-electron chi connectivity index (χ4n) is 1.69. The molecule has 0 aromatic rings. The molecule has 0 aliphatic carbocycles. The molecule has 4 atom stereocenters. The minimum absolute atomic E-state index is 0.219. The predicted octanol–water partition coefficient (Wildman–Crippen LogP) is 2.66. The Morgan fingerprint density at radius 2 is 1.87 bits per heavy atom. The van der Waals surface area contributed by atoms with E-state index >= 15 is 0 Å². The van der Waals surface area contributed by atoms with Crippen LogP contribution in [0.5, 0.6) is 0 Å². The molecule has 0 bridgehead atoms. The average Bonchev–Trinajstić information content (AvgIpc) is 2.22. The van der Waals surface area contributed by atoms with Gasteiger partial charge in [-0.15, -0.1) is 0 Å². The third-order valence-electron chi connectivity index (χ3n) is 2.89. The zero-order valence-electron chi connectivity index (χ0n) is 10.8. The summed E-state index contributed by atoms with van der Waals surface area (Å²) in [5.74, 6) is 0. The van der Waals surface area contributed by atoms with Crippen LogP contribution in [-0.2, 0) is 0 Å². The molecule has 0 aliphatic heterocycles. The second kappa shape index (κ2) is 8.43. The zero-order chi connectivity index (χ0) is 11.8. The molecule has 0 aromatic heterocycles. The van der Waals surface area contributed by atoms with E-state index in [1.165, 1.54) is 12.8 Å². The molecule has 0 fully saturated rings. The molecule has 0 amide bonds. The van der Waals surface area contributed by atoms with Crippen molar-refractivity contribution in [1.82, 2.24) is 5.32 Å². The van der Waals surface area contributed by atoms with Crippen molar-refractivity contribution in [3.8, 4) is 0 Å². The summed E-state index contributed by atoms with van der Waals surface area (Å²) in [4.78, 5) is 0. The number of thioether (sulfide) groups is 1. The Hall–Kier alpha value is 0.270. The number of aliphatic hydroxyl groups excluding tert-OH is 1. The van der Waals surface area contributed by atoms with Gasteiger partial charge >= 0.3 is 0 Å². The highest BCUT2D eigenvalue weighted by atomic mass is 32.2. The highest BCUT2D eigenvalue weighted by molar-refractivity contribution is 8.00. The van der Waals surface area contributed by atoms with Gasteiger partial charge in [0.15, 0.2) is 0 Å². The smallest absolute Gasteiger partial charge is 0.0628 e. The summed E-state index contributed by atoms with van der Waals surface area (Å²) in [6.45, 7) is 8.43. The number of rotatable bonds is 8. The van der Waals surface area contributed by atoms with Crippen LogP contribution in [-0.4, -0.2) is 34.8 Å². The minimum atomic E-state index is -0.219. The SMILES string of the molecule is CCCC(NC)C(CC)SC(C)C(C)O. The standard InChI is InChI=1S/C12H27NOS/c1-6-8-11(13-5)12(7-2)15-10(4)9(3)14/h9-14H,6-8H2,1-5H3. The molecule has 15 heavy (non-hydrogen) atoms. The lowest BCUT2D eigenvalue weighted by molar-refractivity contribution is 0.196. The van der Waals surface area contributed by atoms with Crippen LogP contribution in [0.25, 0.3) is 0 Å². The Labute approximate surface area is 99.2 Å². The van der Waals surface area contributed by atoms with Crippen molar-refractivity contribution < 1.29 is 5.11 Å². The van der Waals surface area contributed by atoms with Crippen molar-refractivity contribution in [2.24, 2.45) is 0 Å². The van der Waals surface area contributed by atoms with Gasteiger partial charge in [-0.05, 0) is 26.8 Å². The van der Waals surface area contributed by atoms with E-state index in [1.54, 1.807) is 0 Å². The molecule has 3 heteroatoms. The van der Waals surface area contributed by atoms with Gasteiger partial charge in [-0.2, -0.15) is 11.8 Å². The number of hydrogen-bond acceptors (Lipinski definition) is 3. The van der Waals surface area contributed by atoms with Crippen molar-refractivity contribution in [3.05, 3.63) is 0 Å². The van der Waals surface area contributed by atoms with Gasteiger partial charge in [0.2, 0.25) is 0 Å². The van der Waals surface area contributed by atoms with Gasteiger partial charge < -0.3 is 10.4 Å². The number of nitrogens with one attached hydrogen (secondary N) is 1. The van der Waals surface area contributed by atoms with Gasteiger partial charge in [0.05, 0.1) is 6.10 Å². The molecule has 0 rings (SSSR count). The molecular formula is C12H27NOS. The van der Waals surface area contributed by atoms with Gasteiger partial charge in [-0.25, -0.2) is 0 Å². The molecule has 4 unspecified atom stereocenters. The lowest BCUT2D eigenvalue weighted by Crippen LogP contribution is -2.37. The summed E-state index contributed by atoms with van der Waals surface area (Å²) in [5, 5.41) is 13.8. The maximum absolute atomic E-state index is 9.51. The number of aliphatic hydroxyl groups is 1. The first-order chi connectivity index (χ1) is 7.06. The molecule has 2 N–H and O–H groups in total. The van der Waals surface area contributed by atoms with Crippen LogP contribution in [0.15, 0.2) is 0 Å². The van der Waals surface area contributed by atoms with Crippen LogP contribution < -0.4 is 5.32 Å². The van der Waals surface area contributed by atoms with Crippen molar-refractivity contribution in [1.29, 1.82) is 0 Å². The van der Waals surface area contributed by atoms with Gasteiger partial charge in [0.25, 0.3) is 0 Å². The quantitative estimate of drug-likeness (QED) is 0.676. The first kappa shape index (κ1) is 15.3. The van der Waals surface area contributed by atoms with E-state index in [0.717, 1.165) is 6.42 Å². The normalized spacial score (nSPS) is 19.6. The molecule has 0 saturated heterocycles. The van der Waals surface area contributed by atoms with E-state index in [9.17, 15) is 5.11 Å². The van der Waals surface area contributed by atoms with Crippen LogP contribution in [0.1, 0.15) is 47.0 Å². The Morgan fingerprint density at radius 1 is 1.27 bits per heavy atom. The third kappa shape index (κ3) is 5.79. The summed E-state index contributed by atoms with van der Waals surface area (Å²) >= 11 is 1.91. The van der Waals surface area contributed by atoms with Crippen molar-refractivity contribution in [2.75, 3.05) is 7.05 Å².